The molecule has 0 aromatic heterocycles. The van der Waals surface area contributed by atoms with Crippen molar-refractivity contribution in [2.24, 2.45) is 0 Å². The third-order valence-corrected chi connectivity index (χ3v) is 4.32. The third kappa shape index (κ3) is 2.92. The number of hydrogen-bond acceptors (Lipinski definition) is 3. The van der Waals surface area contributed by atoms with Crippen molar-refractivity contribution in [3.8, 4) is 0 Å². The van der Waals surface area contributed by atoms with Gasteiger partial charge in [0.25, 0.3) is 11.8 Å². The largest absolute Gasteiger partial charge is 0.345 e. The van der Waals surface area contributed by atoms with Crippen LogP contribution in [0.2, 0.25) is 0 Å². The second-order valence-corrected chi connectivity index (χ2v) is 5.77. The van der Waals surface area contributed by atoms with Gasteiger partial charge in [-0.2, -0.15) is 0 Å². The fourth-order valence-electron chi connectivity index (χ4n) is 3.07. The molecule has 0 bridgehead atoms. The summed E-state index contributed by atoms with van der Waals surface area (Å²) in [6.45, 7) is 4.00. The van der Waals surface area contributed by atoms with Crippen molar-refractivity contribution in [2.75, 3.05) is 0 Å². The van der Waals surface area contributed by atoms with E-state index >= 15 is 0 Å². The highest BCUT2D eigenvalue weighted by molar-refractivity contribution is 6.23. The lowest BCUT2D eigenvalue weighted by Crippen LogP contribution is -2.69. The Kier molecular flexibility index (Phi) is 4.98. The van der Waals surface area contributed by atoms with Crippen LogP contribution in [-0.2, 0) is 4.79 Å². The summed E-state index contributed by atoms with van der Waals surface area (Å²) in [6.07, 6.45) is 3.68. The van der Waals surface area contributed by atoms with Crippen LogP contribution in [0.15, 0.2) is 60.7 Å². The second kappa shape index (κ2) is 7.35. The molecule has 132 valence electrons. The minimum absolute atomic E-state index is 0.313. The zero-order chi connectivity index (χ0) is 18.7. The van der Waals surface area contributed by atoms with Crippen LogP contribution in [-0.4, -0.2) is 34.7 Å². The van der Waals surface area contributed by atoms with Gasteiger partial charge >= 0.3 is 0 Å². The summed E-state index contributed by atoms with van der Waals surface area (Å²) in [4.78, 5) is 38.1. The number of imide groups is 1. The first-order valence-corrected chi connectivity index (χ1v) is 8.67. The van der Waals surface area contributed by atoms with Gasteiger partial charge in [-0.05, 0) is 17.7 Å². The molecule has 1 fully saturated rings. The monoisotopic (exact) mass is 348 g/mol. The number of β-lactam (4-membered cyclic amide) rings is 1. The third-order valence-electron chi connectivity index (χ3n) is 4.32. The zero-order valence-electron chi connectivity index (χ0n) is 14.7. The SMILES string of the molecule is CC.O=C1N[C@H](/C=C/c2ccccc2)[C@@H]1N1C(=O)c2ccccc2C1=O. The van der Waals surface area contributed by atoms with Crippen LogP contribution in [0.25, 0.3) is 6.08 Å². The Balaban J connectivity index is 0.000000948. The molecule has 0 aliphatic carbocycles. The minimum atomic E-state index is -0.794. The maximum atomic E-state index is 12.5. The molecule has 5 heteroatoms. The lowest BCUT2D eigenvalue weighted by molar-refractivity contribution is -0.133. The quantitative estimate of drug-likeness (QED) is 0.685. The molecule has 2 aromatic carbocycles. The Morgan fingerprint density at radius 1 is 0.846 bits per heavy atom. The van der Waals surface area contributed by atoms with Gasteiger partial charge in [-0.1, -0.05) is 68.5 Å². The van der Waals surface area contributed by atoms with Crippen molar-refractivity contribution >= 4 is 23.8 Å². The Labute approximate surface area is 152 Å². The van der Waals surface area contributed by atoms with E-state index in [1.807, 2.05) is 56.3 Å². The van der Waals surface area contributed by atoms with Crippen molar-refractivity contribution in [1.29, 1.82) is 0 Å². The number of hydrogen-bond donors (Lipinski definition) is 1. The van der Waals surface area contributed by atoms with E-state index in [1.165, 1.54) is 0 Å². The maximum absolute atomic E-state index is 12.5. The highest BCUT2D eigenvalue weighted by Crippen LogP contribution is 2.28. The first kappa shape index (κ1) is 17.6. The van der Waals surface area contributed by atoms with Crippen LogP contribution in [0.3, 0.4) is 0 Å². The van der Waals surface area contributed by atoms with Crippen molar-refractivity contribution in [2.45, 2.75) is 25.9 Å². The van der Waals surface area contributed by atoms with Gasteiger partial charge in [0.05, 0.1) is 17.2 Å². The predicted molar refractivity (Wildman–Crippen MR) is 99.5 cm³/mol. The van der Waals surface area contributed by atoms with Crippen molar-refractivity contribution < 1.29 is 14.4 Å². The van der Waals surface area contributed by atoms with Gasteiger partial charge in [-0.15, -0.1) is 0 Å². The van der Waals surface area contributed by atoms with E-state index in [-0.39, 0.29) is 11.9 Å². The molecule has 2 aliphatic rings. The maximum Gasteiger partial charge on any atom is 0.262 e. The summed E-state index contributed by atoms with van der Waals surface area (Å²) < 4.78 is 0. The summed E-state index contributed by atoms with van der Waals surface area (Å²) in [6, 6.07) is 15.1. The van der Waals surface area contributed by atoms with Crippen molar-refractivity contribution in [1.82, 2.24) is 10.2 Å². The van der Waals surface area contributed by atoms with Crippen molar-refractivity contribution in [3.05, 3.63) is 77.4 Å². The molecular weight excluding hydrogens is 328 g/mol. The summed E-state index contributed by atoms with van der Waals surface area (Å²) in [5.41, 5.74) is 1.70. The highest BCUT2D eigenvalue weighted by Gasteiger charge is 2.50. The van der Waals surface area contributed by atoms with Gasteiger partial charge in [0, 0.05) is 0 Å². The van der Waals surface area contributed by atoms with Gasteiger partial charge in [0.2, 0.25) is 5.91 Å². The van der Waals surface area contributed by atoms with E-state index < -0.39 is 17.9 Å². The molecule has 0 spiro atoms. The number of nitrogens with zero attached hydrogens (tertiary/aromatic N) is 1. The molecule has 2 aromatic rings. The van der Waals surface area contributed by atoms with Gasteiger partial charge in [0.15, 0.2) is 0 Å². The van der Waals surface area contributed by atoms with Gasteiger partial charge in [-0.3, -0.25) is 19.3 Å². The molecule has 2 heterocycles. The normalized spacial score (nSPS) is 21.0. The molecule has 2 atom stereocenters. The standard InChI is InChI=1S/C19H14N2O3.C2H6/c22-17-16(15(20-17)11-10-12-6-2-1-3-7-12)21-18(23)13-8-4-5-9-14(13)19(21)24;1-2/h1-11,15-16H,(H,20,22);1-2H3/b11-10+;/t15-,16+;/m1./s1. The Morgan fingerprint density at radius 2 is 1.38 bits per heavy atom. The predicted octanol–water partition coefficient (Wildman–Crippen LogP) is 2.89. The van der Waals surface area contributed by atoms with Crippen LogP contribution in [0.4, 0.5) is 0 Å². The van der Waals surface area contributed by atoms with E-state index in [2.05, 4.69) is 5.32 Å². The van der Waals surface area contributed by atoms with E-state index in [4.69, 9.17) is 0 Å². The van der Waals surface area contributed by atoms with E-state index in [9.17, 15) is 14.4 Å². The van der Waals surface area contributed by atoms with E-state index in [1.54, 1.807) is 24.3 Å². The molecule has 4 rings (SSSR count). The zero-order valence-corrected chi connectivity index (χ0v) is 14.7. The number of benzene rings is 2. The highest BCUT2D eigenvalue weighted by atomic mass is 16.2. The number of carbonyl (C=O) groups is 3. The summed E-state index contributed by atoms with van der Waals surface area (Å²) in [5, 5.41) is 2.74. The molecule has 0 radical (unpaired) electrons. The number of amides is 3. The number of nitrogens with one attached hydrogen (secondary N) is 1. The average Bonchev–Trinajstić information content (AvgIpc) is 2.93. The molecule has 5 nitrogen and oxygen atoms in total. The summed E-state index contributed by atoms with van der Waals surface area (Å²) >= 11 is 0. The fraction of sp³-hybridized carbons (Fsp3) is 0.190. The molecule has 0 unspecified atom stereocenters. The fourth-order valence-corrected chi connectivity index (χ4v) is 3.07. The van der Waals surface area contributed by atoms with E-state index in [0.717, 1.165) is 10.5 Å². The molecule has 1 N–H and O–H groups in total. The lowest BCUT2D eigenvalue weighted by atomic mass is 9.96. The van der Waals surface area contributed by atoms with Crippen LogP contribution in [0.1, 0.15) is 40.1 Å². The van der Waals surface area contributed by atoms with Gasteiger partial charge in [0.1, 0.15) is 6.04 Å². The molecule has 1 saturated heterocycles. The molecule has 0 saturated carbocycles. The Morgan fingerprint density at radius 3 is 1.92 bits per heavy atom. The minimum Gasteiger partial charge on any atom is -0.345 e. The van der Waals surface area contributed by atoms with Crippen LogP contribution in [0, 0.1) is 0 Å². The average molecular weight is 348 g/mol. The lowest BCUT2D eigenvalue weighted by Gasteiger charge is -2.39. The number of rotatable bonds is 3. The van der Waals surface area contributed by atoms with Gasteiger partial charge < -0.3 is 5.32 Å². The number of fused-ring (bicyclic) bond motifs is 1. The van der Waals surface area contributed by atoms with Crippen LogP contribution >= 0.6 is 0 Å². The van der Waals surface area contributed by atoms with Gasteiger partial charge in [-0.25, -0.2) is 0 Å². The van der Waals surface area contributed by atoms with E-state index in [0.29, 0.717) is 11.1 Å². The molecule has 3 amide bonds. The van der Waals surface area contributed by atoms with Crippen LogP contribution < -0.4 is 5.32 Å². The topological polar surface area (TPSA) is 66.5 Å². The van der Waals surface area contributed by atoms with Crippen LogP contribution in [0.5, 0.6) is 0 Å². The second-order valence-electron chi connectivity index (χ2n) is 5.77. The van der Waals surface area contributed by atoms with Crippen molar-refractivity contribution in [3.63, 3.8) is 0 Å². The molecular formula is C21H20N2O3. The number of carbonyl (C=O) groups excluding carboxylic acids is 3. The Hall–Kier alpha value is -3.21. The summed E-state index contributed by atoms with van der Waals surface area (Å²) in [7, 11) is 0. The Bertz CT molecular complexity index is 839. The summed E-state index contributed by atoms with van der Waals surface area (Å²) in [5.74, 6) is -1.13. The molecule has 26 heavy (non-hydrogen) atoms. The first-order valence-electron chi connectivity index (χ1n) is 8.67. The smallest absolute Gasteiger partial charge is 0.262 e. The first-order chi connectivity index (χ1) is 12.7. The molecule has 2 aliphatic heterocycles.